The van der Waals surface area contributed by atoms with E-state index in [1.54, 1.807) is 6.20 Å². The molecule has 4 N–H and O–H groups in total. The van der Waals surface area contributed by atoms with Crippen molar-refractivity contribution in [3.8, 4) is 0 Å². The normalized spacial score (nSPS) is 19.1. The van der Waals surface area contributed by atoms with E-state index in [0.717, 1.165) is 65.0 Å². The second-order valence-corrected chi connectivity index (χ2v) is 10.5. The Bertz CT molecular complexity index is 1400. The number of aromatic nitrogens is 5. The molecule has 5 heterocycles. The number of hydrogen-bond acceptors (Lipinski definition) is 8. The van der Waals surface area contributed by atoms with Crippen LogP contribution >= 0.6 is 23.4 Å². The second kappa shape index (κ2) is 8.11. The molecule has 1 fully saturated rings. The number of halogens is 1. The van der Waals surface area contributed by atoms with Gasteiger partial charge >= 0.3 is 0 Å². The van der Waals surface area contributed by atoms with Crippen molar-refractivity contribution in [3.05, 3.63) is 64.8 Å². The van der Waals surface area contributed by atoms with E-state index in [-0.39, 0.29) is 11.5 Å². The molecular weight excluding hydrogens is 468 g/mol. The van der Waals surface area contributed by atoms with E-state index in [2.05, 4.69) is 26.0 Å². The van der Waals surface area contributed by atoms with E-state index in [1.165, 1.54) is 17.3 Å². The van der Waals surface area contributed by atoms with Crippen molar-refractivity contribution in [2.75, 3.05) is 23.7 Å². The summed E-state index contributed by atoms with van der Waals surface area (Å²) in [5, 5.41) is 5.96. The summed E-state index contributed by atoms with van der Waals surface area (Å²) in [6, 6.07) is 8.03. The van der Waals surface area contributed by atoms with Gasteiger partial charge < -0.3 is 16.4 Å². The van der Waals surface area contributed by atoms with Crippen LogP contribution in [0.5, 0.6) is 0 Å². The Morgan fingerprint density at radius 1 is 1.12 bits per heavy atom. The molecule has 10 heteroatoms. The molecule has 174 valence electrons. The van der Waals surface area contributed by atoms with Crippen LogP contribution in [0.4, 0.5) is 11.6 Å². The van der Waals surface area contributed by atoms with Crippen LogP contribution in [0, 0.1) is 12.3 Å². The summed E-state index contributed by atoms with van der Waals surface area (Å²) >= 11 is 7.89. The summed E-state index contributed by atoms with van der Waals surface area (Å²) in [6.07, 6.45) is 8.31. The van der Waals surface area contributed by atoms with Crippen molar-refractivity contribution < 1.29 is 0 Å². The first-order chi connectivity index (χ1) is 16.5. The van der Waals surface area contributed by atoms with Crippen molar-refractivity contribution in [1.82, 2.24) is 24.6 Å². The Kier molecular flexibility index (Phi) is 5.16. The average Bonchev–Trinajstić information content (AvgIpc) is 3.43. The highest BCUT2D eigenvalue weighted by Crippen LogP contribution is 2.50. The number of nitrogens with two attached hydrogens (primary N) is 2. The summed E-state index contributed by atoms with van der Waals surface area (Å²) in [5.41, 5.74) is 16.9. The predicted molar refractivity (Wildman–Crippen MR) is 134 cm³/mol. The number of nitrogen functional groups attached to an aromatic ring is 1. The molecule has 0 aromatic carbocycles. The summed E-state index contributed by atoms with van der Waals surface area (Å²) in [7, 11) is 0. The van der Waals surface area contributed by atoms with Crippen LogP contribution < -0.4 is 16.4 Å². The van der Waals surface area contributed by atoms with Gasteiger partial charge in [-0.2, -0.15) is 5.10 Å². The maximum atomic E-state index is 6.74. The average molecular weight is 493 g/mol. The molecule has 1 aliphatic heterocycles. The van der Waals surface area contributed by atoms with Crippen LogP contribution in [0.3, 0.4) is 0 Å². The number of aryl methyl sites for hydroxylation is 1. The Balaban J connectivity index is 1.29. The van der Waals surface area contributed by atoms with Crippen LogP contribution in [-0.4, -0.2) is 37.7 Å². The van der Waals surface area contributed by atoms with Gasteiger partial charge in [0.1, 0.15) is 16.4 Å². The number of pyridine rings is 2. The van der Waals surface area contributed by atoms with E-state index in [0.29, 0.717) is 10.8 Å². The predicted octanol–water partition coefficient (Wildman–Crippen LogP) is 4.06. The SMILES string of the molecule is Cc1nc(N2CCC3(CC2)Cc2ncccc2[C@H]3N)c2ccnn2c1Sc1ccnc(N)c1Cl. The summed E-state index contributed by atoms with van der Waals surface area (Å²) in [6.45, 7) is 3.80. The zero-order valence-corrected chi connectivity index (χ0v) is 20.4. The third-order valence-electron chi connectivity index (χ3n) is 7.23. The monoisotopic (exact) mass is 492 g/mol. The largest absolute Gasteiger partial charge is 0.382 e. The van der Waals surface area contributed by atoms with Gasteiger partial charge in [-0.25, -0.2) is 14.5 Å². The van der Waals surface area contributed by atoms with Gasteiger partial charge in [-0.05, 0) is 55.4 Å². The van der Waals surface area contributed by atoms with E-state index in [1.807, 2.05) is 42.0 Å². The summed E-state index contributed by atoms with van der Waals surface area (Å²) in [5.74, 6) is 1.27. The van der Waals surface area contributed by atoms with Crippen LogP contribution in [0.15, 0.2) is 52.8 Å². The number of hydrogen-bond donors (Lipinski definition) is 2. The highest BCUT2D eigenvalue weighted by Gasteiger charge is 2.46. The first-order valence-corrected chi connectivity index (χ1v) is 12.5. The molecule has 1 spiro atoms. The minimum atomic E-state index is 0.0411. The molecule has 0 radical (unpaired) electrons. The van der Waals surface area contributed by atoms with Gasteiger partial charge in [-0.15, -0.1) is 0 Å². The van der Waals surface area contributed by atoms with Crippen molar-refractivity contribution in [3.63, 3.8) is 0 Å². The van der Waals surface area contributed by atoms with Gasteiger partial charge in [0, 0.05) is 42.1 Å². The van der Waals surface area contributed by atoms with Crippen molar-refractivity contribution in [2.24, 2.45) is 11.1 Å². The number of piperidine rings is 1. The molecule has 2 aliphatic rings. The highest BCUT2D eigenvalue weighted by molar-refractivity contribution is 7.99. The fourth-order valence-electron chi connectivity index (χ4n) is 5.33. The topological polar surface area (TPSA) is 111 Å². The molecule has 6 rings (SSSR count). The molecule has 0 amide bonds. The summed E-state index contributed by atoms with van der Waals surface area (Å²) < 4.78 is 1.95. The third-order valence-corrected chi connectivity index (χ3v) is 8.96. The number of anilines is 2. The van der Waals surface area contributed by atoms with Crippen LogP contribution in [0.25, 0.3) is 5.52 Å². The van der Waals surface area contributed by atoms with Crippen molar-refractivity contribution >= 4 is 40.5 Å². The first-order valence-electron chi connectivity index (χ1n) is 11.3. The van der Waals surface area contributed by atoms with Crippen LogP contribution in [-0.2, 0) is 6.42 Å². The third kappa shape index (κ3) is 3.33. The molecular formula is C24H25ClN8S. The Hall–Kier alpha value is -2.88. The van der Waals surface area contributed by atoms with E-state index >= 15 is 0 Å². The molecule has 0 unspecified atom stereocenters. The number of nitrogens with zero attached hydrogens (tertiary/aromatic N) is 6. The van der Waals surface area contributed by atoms with E-state index < -0.39 is 0 Å². The van der Waals surface area contributed by atoms with Crippen molar-refractivity contribution in [2.45, 2.75) is 42.1 Å². The first kappa shape index (κ1) is 21.6. The van der Waals surface area contributed by atoms with Crippen LogP contribution in [0.1, 0.15) is 35.8 Å². The number of rotatable bonds is 3. The zero-order chi connectivity index (χ0) is 23.4. The molecule has 4 aromatic heterocycles. The van der Waals surface area contributed by atoms with Gasteiger partial charge in [-0.3, -0.25) is 4.98 Å². The molecule has 1 aliphatic carbocycles. The van der Waals surface area contributed by atoms with Gasteiger partial charge in [0.25, 0.3) is 0 Å². The van der Waals surface area contributed by atoms with Crippen LogP contribution in [0.2, 0.25) is 5.02 Å². The Morgan fingerprint density at radius 2 is 1.94 bits per heavy atom. The summed E-state index contributed by atoms with van der Waals surface area (Å²) in [4.78, 5) is 16.9. The fraction of sp³-hybridized carbons (Fsp3) is 0.333. The minimum absolute atomic E-state index is 0.0411. The molecule has 0 bridgehead atoms. The standard InChI is InChI=1S/C24H25ClN8S/c1-14-23(34-18-5-9-29-21(27)19(18)25)33-17(4-10-30-33)22(31-14)32-11-6-24(7-12-32)13-16-15(20(24)26)3-2-8-28-16/h2-5,8-10,20H,6-7,11-13,26H2,1H3,(H2,27,29)/t20-/m1/s1. The molecule has 34 heavy (non-hydrogen) atoms. The lowest BCUT2D eigenvalue weighted by Crippen LogP contribution is -2.44. The van der Waals surface area contributed by atoms with Gasteiger partial charge in [0.2, 0.25) is 0 Å². The molecule has 1 atom stereocenters. The Morgan fingerprint density at radius 3 is 2.74 bits per heavy atom. The van der Waals surface area contributed by atoms with E-state index in [4.69, 9.17) is 28.1 Å². The molecule has 4 aromatic rings. The van der Waals surface area contributed by atoms with E-state index in [9.17, 15) is 0 Å². The maximum Gasteiger partial charge on any atom is 0.155 e. The van der Waals surface area contributed by atoms with Crippen molar-refractivity contribution in [1.29, 1.82) is 0 Å². The number of fused-ring (bicyclic) bond motifs is 2. The highest BCUT2D eigenvalue weighted by atomic mass is 35.5. The fourth-order valence-corrected chi connectivity index (χ4v) is 6.52. The molecule has 1 saturated heterocycles. The lowest BCUT2D eigenvalue weighted by atomic mass is 9.73. The lowest BCUT2D eigenvalue weighted by molar-refractivity contribution is 0.186. The quantitative estimate of drug-likeness (QED) is 0.440. The molecule has 8 nitrogen and oxygen atoms in total. The molecule has 0 saturated carbocycles. The smallest absolute Gasteiger partial charge is 0.155 e. The maximum absolute atomic E-state index is 6.74. The van der Waals surface area contributed by atoms with Gasteiger partial charge in [0.05, 0.1) is 16.9 Å². The zero-order valence-electron chi connectivity index (χ0n) is 18.8. The minimum Gasteiger partial charge on any atom is -0.382 e. The Labute approximate surface area is 206 Å². The van der Waals surface area contributed by atoms with Gasteiger partial charge in [-0.1, -0.05) is 29.4 Å². The lowest BCUT2D eigenvalue weighted by Gasteiger charge is -2.42. The van der Waals surface area contributed by atoms with Gasteiger partial charge in [0.15, 0.2) is 5.82 Å². The second-order valence-electron chi connectivity index (χ2n) is 9.11.